The summed E-state index contributed by atoms with van der Waals surface area (Å²) in [6, 6.07) is 8.78. The van der Waals surface area contributed by atoms with Gasteiger partial charge in [0.2, 0.25) is 5.91 Å². The number of benzene rings is 1. The van der Waals surface area contributed by atoms with Gasteiger partial charge in [-0.2, -0.15) is 0 Å². The van der Waals surface area contributed by atoms with Crippen molar-refractivity contribution in [1.82, 2.24) is 10.2 Å². The quantitative estimate of drug-likeness (QED) is 0.924. The molecule has 1 aromatic rings. The van der Waals surface area contributed by atoms with E-state index in [1.165, 1.54) is 11.1 Å². The van der Waals surface area contributed by atoms with E-state index < -0.39 is 6.43 Å². The van der Waals surface area contributed by atoms with E-state index in [0.717, 1.165) is 6.42 Å². The van der Waals surface area contributed by atoms with Gasteiger partial charge in [-0.15, -0.1) is 0 Å². The first-order chi connectivity index (χ1) is 11.1. The van der Waals surface area contributed by atoms with Crippen molar-refractivity contribution in [2.24, 2.45) is 11.8 Å². The molecule has 0 spiro atoms. The zero-order valence-electron chi connectivity index (χ0n) is 13.1. The second-order valence-corrected chi connectivity index (χ2v) is 7.09. The van der Waals surface area contributed by atoms with Gasteiger partial charge < -0.3 is 5.32 Å². The zero-order valence-corrected chi connectivity index (χ0v) is 13.1. The first kappa shape index (κ1) is 15.1. The highest BCUT2D eigenvalue weighted by molar-refractivity contribution is 5.80. The molecule has 2 fully saturated rings. The topological polar surface area (TPSA) is 32.3 Å². The molecule has 1 aliphatic heterocycles. The monoisotopic (exact) mass is 320 g/mol. The lowest BCUT2D eigenvalue weighted by Crippen LogP contribution is -2.43. The van der Waals surface area contributed by atoms with Crippen LogP contribution in [0.15, 0.2) is 24.3 Å². The summed E-state index contributed by atoms with van der Waals surface area (Å²) in [5, 5.41) is 3.22. The zero-order chi connectivity index (χ0) is 16.0. The van der Waals surface area contributed by atoms with E-state index in [0.29, 0.717) is 37.8 Å². The van der Waals surface area contributed by atoms with Gasteiger partial charge in [0.15, 0.2) is 0 Å². The van der Waals surface area contributed by atoms with Crippen LogP contribution in [0.4, 0.5) is 8.78 Å². The summed E-state index contributed by atoms with van der Waals surface area (Å²) in [6.07, 6.45) is 0.166. The van der Waals surface area contributed by atoms with Crippen molar-refractivity contribution in [3.05, 3.63) is 35.4 Å². The van der Waals surface area contributed by atoms with Crippen molar-refractivity contribution in [1.29, 1.82) is 0 Å². The van der Waals surface area contributed by atoms with Gasteiger partial charge in [-0.3, -0.25) is 9.69 Å². The highest BCUT2D eigenvalue weighted by Gasteiger charge is 2.56. The molecule has 23 heavy (non-hydrogen) atoms. The fourth-order valence-electron chi connectivity index (χ4n) is 4.40. The number of piperidine rings is 1. The van der Waals surface area contributed by atoms with Gasteiger partial charge in [0, 0.05) is 17.9 Å². The Hall–Kier alpha value is -1.49. The Morgan fingerprint density at radius 3 is 2.74 bits per heavy atom. The summed E-state index contributed by atoms with van der Waals surface area (Å²) in [6.45, 7) is 1.03. The SMILES string of the molecule is O=C(N[C@@H]1[C@@H]2Cc3ccccc3[C@H]21)C1CCN(CC(F)F)CC1. The van der Waals surface area contributed by atoms with Crippen molar-refractivity contribution in [3.63, 3.8) is 0 Å². The third kappa shape index (κ3) is 2.87. The highest BCUT2D eigenvalue weighted by atomic mass is 19.3. The fraction of sp³-hybridized carbons (Fsp3) is 0.611. The standard InChI is InChI=1S/C18H22F2N2O/c19-15(20)10-22-7-5-11(6-8-22)18(23)21-17-14-9-12-3-1-2-4-13(12)16(14)17/h1-4,11,14-17H,5-10H2,(H,21,23)/t14-,16-,17-/m1/s1. The van der Waals surface area contributed by atoms with E-state index in [4.69, 9.17) is 0 Å². The number of fused-ring (bicyclic) bond motifs is 3. The number of nitrogens with one attached hydrogen (secondary N) is 1. The smallest absolute Gasteiger partial charge is 0.251 e. The van der Waals surface area contributed by atoms with Gasteiger partial charge in [-0.1, -0.05) is 24.3 Å². The predicted molar refractivity (Wildman–Crippen MR) is 83.5 cm³/mol. The van der Waals surface area contributed by atoms with Crippen LogP contribution >= 0.6 is 0 Å². The summed E-state index contributed by atoms with van der Waals surface area (Å²) in [4.78, 5) is 14.2. The van der Waals surface area contributed by atoms with Crippen molar-refractivity contribution in [2.75, 3.05) is 19.6 Å². The average molecular weight is 320 g/mol. The third-order valence-electron chi connectivity index (χ3n) is 5.70. The summed E-state index contributed by atoms with van der Waals surface area (Å²) in [5.41, 5.74) is 2.82. The van der Waals surface area contributed by atoms with Gasteiger partial charge in [-0.25, -0.2) is 8.78 Å². The van der Waals surface area contributed by atoms with Crippen molar-refractivity contribution in [2.45, 2.75) is 37.6 Å². The number of carbonyl (C=O) groups excluding carboxylic acids is 1. The number of amides is 1. The molecule has 0 radical (unpaired) electrons. The fourth-order valence-corrected chi connectivity index (χ4v) is 4.40. The Kier molecular flexibility index (Phi) is 3.84. The second-order valence-electron chi connectivity index (χ2n) is 7.09. The molecule has 0 unspecified atom stereocenters. The van der Waals surface area contributed by atoms with Crippen molar-refractivity contribution < 1.29 is 13.6 Å². The molecule has 0 bridgehead atoms. The number of carbonyl (C=O) groups is 1. The van der Waals surface area contributed by atoms with Crippen molar-refractivity contribution >= 4 is 5.91 Å². The van der Waals surface area contributed by atoms with Crippen LogP contribution in [0.1, 0.15) is 29.9 Å². The molecule has 2 aliphatic carbocycles. The van der Waals surface area contributed by atoms with E-state index in [1.54, 1.807) is 4.90 Å². The molecule has 0 aromatic heterocycles. The molecular formula is C18H22F2N2O. The maximum atomic E-state index is 12.4. The van der Waals surface area contributed by atoms with Crippen molar-refractivity contribution in [3.8, 4) is 0 Å². The van der Waals surface area contributed by atoms with Gasteiger partial charge >= 0.3 is 0 Å². The first-order valence-electron chi connectivity index (χ1n) is 8.52. The molecule has 3 nitrogen and oxygen atoms in total. The lowest BCUT2D eigenvalue weighted by atomic mass is 9.95. The average Bonchev–Trinajstić information content (AvgIpc) is 3.04. The number of rotatable bonds is 4. The number of nitrogens with zero attached hydrogens (tertiary/aromatic N) is 1. The highest BCUT2D eigenvalue weighted by Crippen LogP contribution is 2.56. The summed E-state index contributed by atoms with van der Waals surface area (Å²) in [7, 11) is 0. The molecular weight excluding hydrogens is 298 g/mol. The largest absolute Gasteiger partial charge is 0.352 e. The van der Waals surface area contributed by atoms with Crippen LogP contribution in [0.3, 0.4) is 0 Å². The lowest BCUT2D eigenvalue weighted by Gasteiger charge is -2.31. The Labute approximate surface area is 135 Å². The molecule has 1 heterocycles. The van der Waals surface area contributed by atoms with E-state index >= 15 is 0 Å². The second kappa shape index (κ2) is 5.86. The van der Waals surface area contributed by atoms with Crippen LogP contribution in [0.2, 0.25) is 0 Å². The Morgan fingerprint density at radius 1 is 1.26 bits per heavy atom. The Bertz CT molecular complexity index is 598. The molecule has 1 amide bonds. The summed E-state index contributed by atoms with van der Waals surface area (Å²) in [5.74, 6) is 1.17. The summed E-state index contributed by atoms with van der Waals surface area (Å²) < 4.78 is 24.8. The maximum absolute atomic E-state index is 12.4. The number of likely N-dealkylation sites (tertiary alicyclic amines) is 1. The van der Waals surface area contributed by atoms with Crippen LogP contribution in [0, 0.1) is 11.8 Å². The minimum absolute atomic E-state index is 0.0134. The number of alkyl halides is 2. The van der Waals surface area contributed by atoms with Gasteiger partial charge in [0.05, 0.1) is 6.54 Å². The van der Waals surface area contributed by atoms with Crippen LogP contribution in [-0.4, -0.2) is 42.9 Å². The van der Waals surface area contributed by atoms with Gasteiger partial charge in [0.25, 0.3) is 6.43 Å². The van der Waals surface area contributed by atoms with E-state index in [-0.39, 0.29) is 24.4 Å². The van der Waals surface area contributed by atoms with E-state index in [2.05, 4.69) is 29.6 Å². The minimum Gasteiger partial charge on any atom is -0.352 e. The van der Waals surface area contributed by atoms with E-state index in [1.807, 2.05) is 0 Å². The van der Waals surface area contributed by atoms with Crippen LogP contribution in [-0.2, 0) is 11.2 Å². The van der Waals surface area contributed by atoms with E-state index in [9.17, 15) is 13.6 Å². The van der Waals surface area contributed by atoms with Crippen LogP contribution in [0.25, 0.3) is 0 Å². The van der Waals surface area contributed by atoms with Crippen LogP contribution in [0.5, 0.6) is 0 Å². The van der Waals surface area contributed by atoms with Crippen LogP contribution < -0.4 is 5.32 Å². The first-order valence-corrected chi connectivity index (χ1v) is 8.52. The molecule has 4 rings (SSSR count). The van der Waals surface area contributed by atoms with Gasteiger partial charge in [-0.05, 0) is 49.4 Å². The number of hydrogen-bond donors (Lipinski definition) is 1. The number of halogens is 2. The van der Waals surface area contributed by atoms with Gasteiger partial charge in [0.1, 0.15) is 0 Å². The lowest BCUT2D eigenvalue weighted by molar-refractivity contribution is -0.126. The molecule has 3 atom stereocenters. The molecule has 1 N–H and O–H groups in total. The Balaban J connectivity index is 1.28. The molecule has 1 saturated carbocycles. The predicted octanol–water partition coefficient (Wildman–Crippen LogP) is 2.42. The molecule has 3 aliphatic rings. The molecule has 1 aromatic carbocycles. The molecule has 5 heteroatoms. The molecule has 1 saturated heterocycles. The number of hydrogen-bond acceptors (Lipinski definition) is 2. The summed E-state index contributed by atoms with van der Waals surface area (Å²) >= 11 is 0. The Morgan fingerprint density at radius 2 is 2.00 bits per heavy atom. The maximum Gasteiger partial charge on any atom is 0.251 e. The molecule has 124 valence electrons. The third-order valence-corrected chi connectivity index (χ3v) is 5.70. The minimum atomic E-state index is -2.29. The normalized spacial score (nSPS) is 30.1.